The van der Waals surface area contributed by atoms with Crippen LogP contribution in [-0.4, -0.2) is 54.1 Å². The normalized spacial score (nSPS) is 21.6. The van der Waals surface area contributed by atoms with Gasteiger partial charge in [-0.25, -0.2) is 0 Å². The molecular weight excluding hydrogens is 356 g/mol. The van der Waals surface area contributed by atoms with Gasteiger partial charge in [0.1, 0.15) is 0 Å². The van der Waals surface area contributed by atoms with Gasteiger partial charge in [0.2, 0.25) is 0 Å². The summed E-state index contributed by atoms with van der Waals surface area (Å²) in [5.74, 6) is 0.794. The maximum atomic E-state index is 12.8. The third-order valence-electron chi connectivity index (χ3n) is 5.19. The number of rotatable bonds is 9. The first kappa shape index (κ1) is 24.3. The van der Waals surface area contributed by atoms with E-state index in [0.29, 0.717) is 12.4 Å². The van der Waals surface area contributed by atoms with Gasteiger partial charge in [0.05, 0.1) is 12.7 Å². The van der Waals surface area contributed by atoms with Crippen LogP contribution in [0.15, 0.2) is 17.7 Å². The number of likely N-dealkylation sites (N-methyl/N-ethyl adjacent to an activating group) is 1. The number of nitrogens with zero attached hydrogens (tertiary/aromatic N) is 1. The molecule has 1 fully saturated rings. The summed E-state index contributed by atoms with van der Waals surface area (Å²) in [6, 6.07) is 1.85. The molecule has 1 amide bonds. The van der Waals surface area contributed by atoms with Gasteiger partial charge < -0.3 is 20.5 Å². The Hall–Kier alpha value is -1.70. The van der Waals surface area contributed by atoms with Gasteiger partial charge in [0.25, 0.3) is 5.91 Å². The van der Waals surface area contributed by atoms with E-state index in [1.807, 2.05) is 40.0 Å². The highest BCUT2D eigenvalue weighted by atomic mass is 16.5. The fourth-order valence-electron chi connectivity index (χ4n) is 3.33. The average Bonchev–Trinajstić information content (AvgIpc) is 3.34. The predicted octanol–water partition coefficient (Wildman–Crippen LogP) is 3.21. The van der Waals surface area contributed by atoms with Crippen molar-refractivity contribution in [2.45, 2.75) is 71.4 Å². The third-order valence-corrected chi connectivity index (χ3v) is 5.19. The number of hydrogen-bond acceptors (Lipinski definition) is 5. The van der Waals surface area contributed by atoms with Gasteiger partial charge in [-0.2, -0.15) is 5.10 Å². The van der Waals surface area contributed by atoms with E-state index in [0.717, 1.165) is 37.0 Å². The standard InChI is InChI=1S/C19H32N4O3.C2H6/c1-5-12(2)16(9-14(20-3)11-26-4)19(25)21-18-10-17(22-23-18)13-6-7-15(24)8-13;1-2/h9-10,12-15,20,24H,5-8,11H2,1-4H3,(H2,21,22,23,25);1-2H3/b16-9+;. The maximum absolute atomic E-state index is 12.8. The van der Waals surface area contributed by atoms with Crippen molar-refractivity contribution in [1.29, 1.82) is 0 Å². The molecule has 2 rings (SSSR count). The van der Waals surface area contributed by atoms with E-state index in [1.54, 1.807) is 7.11 Å². The summed E-state index contributed by atoms with van der Waals surface area (Å²) in [4.78, 5) is 12.8. The number of H-pyrrole nitrogens is 1. The molecule has 4 atom stereocenters. The van der Waals surface area contributed by atoms with Gasteiger partial charge in [0, 0.05) is 36.4 Å². The molecule has 1 aromatic heterocycles. The van der Waals surface area contributed by atoms with Crippen LogP contribution in [0.2, 0.25) is 0 Å². The van der Waals surface area contributed by atoms with Crippen molar-refractivity contribution in [2.24, 2.45) is 5.92 Å². The van der Waals surface area contributed by atoms with Crippen LogP contribution in [0.25, 0.3) is 0 Å². The van der Waals surface area contributed by atoms with Crippen molar-refractivity contribution in [3.63, 3.8) is 0 Å². The molecule has 1 saturated carbocycles. The Bertz CT molecular complexity index is 615. The number of amides is 1. The van der Waals surface area contributed by atoms with Crippen LogP contribution >= 0.6 is 0 Å². The second-order valence-corrected chi connectivity index (χ2v) is 7.11. The fourth-order valence-corrected chi connectivity index (χ4v) is 3.33. The lowest BCUT2D eigenvalue weighted by Crippen LogP contribution is -2.30. The number of aromatic amines is 1. The van der Waals surface area contributed by atoms with E-state index >= 15 is 0 Å². The number of methoxy groups -OCH3 is 1. The summed E-state index contributed by atoms with van der Waals surface area (Å²) < 4.78 is 5.20. The molecule has 160 valence electrons. The molecule has 0 saturated heterocycles. The van der Waals surface area contributed by atoms with Gasteiger partial charge in [-0.1, -0.05) is 33.8 Å². The van der Waals surface area contributed by atoms with Crippen molar-refractivity contribution in [1.82, 2.24) is 15.5 Å². The average molecular weight is 395 g/mol. The Balaban J connectivity index is 0.00000190. The maximum Gasteiger partial charge on any atom is 0.252 e. The van der Waals surface area contributed by atoms with E-state index in [9.17, 15) is 9.90 Å². The van der Waals surface area contributed by atoms with E-state index < -0.39 is 0 Å². The molecule has 4 unspecified atom stereocenters. The van der Waals surface area contributed by atoms with Gasteiger partial charge >= 0.3 is 0 Å². The van der Waals surface area contributed by atoms with Crippen LogP contribution in [0.1, 0.15) is 65.0 Å². The molecule has 0 bridgehead atoms. The molecule has 28 heavy (non-hydrogen) atoms. The molecule has 4 N–H and O–H groups in total. The van der Waals surface area contributed by atoms with Crippen molar-refractivity contribution >= 4 is 11.7 Å². The molecule has 1 aliphatic carbocycles. The first-order chi connectivity index (χ1) is 13.5. The highest BCUT2D eigenvalue weighted by molar-refractivity contribution is 6.03. The van der Waals surface area contributed by atoms with Crippen molar-refractivity contribution in [3.8, 4) is 0 Å². The van der Waals surface area contributed by atoms with E-state index in [2.05, 4.69) is 27.8 Å². The van der Waals surface area contributed by atoms with Gasteiger partial charge in [-0.05, 0) is 38.6 Å². The molecular formula is C21H38N4O3. The van der Waals surface area contributed by atoms with Gasteiger partial charge in [-0.15, -0.1) is 0 Å². The van der Waals surface area contributed by atoms with E-state index in [4.69, 9.17) is 4.74 Å². The van der Waals surface area contributed by atoms with Crippen LogP contribution in [0.4, 0.5) is 5.82 Å². The number of aromatic nitrogens is 2. The van der Waals surface area contributed by atoms with Crippen LogP contribution in [0.5, 0.6) is 0 Å². The van der Waals surface area contributed by atoms with Crippen LogP contribution in [0, 0.1) is 5.92 Å². The summed E-state index contributed by atoms with van der Waals surface area (Å²) in [6.07, 6.45) is 5.07. The zero-order valence-corrected chi connectivity index (χ0v) is 18.2. The molecule has 0 aliphatic heterocycles. The first-order valence-electron chi connectivity index (χ1n) is 10.4. The minimum atomic E-state index is -0.236. The zero-order valence-electron chi connectivity index (χ0n) is 18.2. The zero-order chi connectivity index (χ0) is 21.1. The number of anilines is 1. The molecule has 1 aliphatic rings. The Morgan fingerprint density at radius 3 is 2.71 bits per heavy atom. The Morgan fingerprint density at radius 2 is 2.18 bits per heavy atom. The third kappa shape index (κ3) is 7.04. The van der Waals surface area contributed by atoms with Gasteiger partial charge in [-0.3, -0.25) is 9.89 Å². The largest absolute Gasteiger partial charge is 0.393 e. The number of aliphatic hydroxyl groups is 1. The quantitative estimate of drug-likeness (QED) is 0.482. The van der Waals surface area contributed by atoms with Crippen molar-refractivity contribution in [3.05, 3.63) is 23.4 Å². The number of carbonyl (C=O) groups excluding carboxylic acids is 1. The topological polar surface area (TPSA) is 99.3 Å². The second-order valence-electron chi connectivity index (χ2n) is 7.11. The monoisotopic (exact) mass is 394 g/mol. The number of aliphatic hydroxyl groups excluding tert-OH is 1. The lowest BCUT2D eigenvalue weighted by atomic mass is 9.95. The molecule has 1 heterocycles. The number of ether oxygens (including phenoxy) is 1. The number of nitrogens with one attached hydrogen (secondary N) is 3. The lowest BCUT2D eigenvalue weighted by Gasteiger charge is -2.17. The van der Waals surface area contributed by atoms with Crippen LogP contribution in [0.3, 0.4) is 0 Å². The fraction of sp³-hybridized carbons (Fsp3) is 0.714. The van der Waals surface area contributed by atoms with E-state index in [1.165, 1.54) is 0 Å². The lowest BCUT2D eigenvalue weighted by molar-refractivity contribution is -0.113. The molecule has 7 heteroatoms. The smallest absolute Gasteiger partial charge is 0.252 e. The Labute approximate surface area is 169 Å². The molecule has 0 spiro atoms. The summed E-state index contributed by atoms with van der Waals surface area (Å²) in [5.41, 5.74) is 1.70. The van der Waals surface area contributed by atoms with Crippen LogP contribution < -0.4 is 10.6 Å². The number of hydrogen-bond donors (Lipinski definition) is 4. The Kier molecular flexibility index (Phi) is 11.0. The summed E-state index contributed by atoms with van der Waals surface area (Å²) in [6.45, 7) is 8.61. The Morgan fingerprint density at radius 1 is 1.46 bits per heavy atom. The van der Waals surface area contributed by atoms with Crippen molar-refractivity contribution < 1.29 is 14.6 Å². The first-order valence-corrected chi connectivity index (χ1v) is 10.4. The number of carbonyl (C=O) groups is 1. The minimum Gasteiger partial charge on any atom is -0.393 e. The predicted molar refractivity (Wildman–Crippen MR) is 113 cm³/mol. The van der Waals surface area contributed by atoms with E-state index in [-0.39, 0.29) is 29.9 Å². The highest BCUT2D eigenvalue weighted by Crippen LogP contribution is 2.34. The summed E-state index contributed by atoms with van der Waals surface area (Å²) in [7, 11) is 3.49. The molecule has 7 nitrogen and oxygen atoms in total. The molecule has 0 aromatic carbocycles. The van der Waals surface area contributed by atoms with Crippen molar-refractivity contribution in [2.75, 3.05) is 26.1 Å². The van der Waals surface area contributed by atoms with Crippen LogP contribution in [-0.2, 0) is 9.53 Å². The second kappa shape index (κ2) is 12.7. The summed E-state index contributed by atoms with van der Waals surface area (Å²) in [5, 5.41) is 23.0. The molecule has 0 radical (unpaired) electrons. The summed E-state index contributed by atoms with van der Waals surface area (Å²) >= 11 is 0. The SMILES string of the molecule is CC.CCC(C)/C(=C\C(COC)NC)C(=O)Nc1cc(C2CCC(O)C2)[nH]n1. The molecule has 1 aromatic rings. The minimum absolute atomic E-state index is 0.0236. The van der Waals surface area contributed by atoms with Gasteiger partial charge in [0.15, 0.2) is 5.82 Å². The highest BCUT2D eigenvalue weighted by Gasteiger charge is 2.26.